The van der Waals surface area contributed by atoms with Crippen molar-refractivity contribution in [3.8, 4) is 0 Å². The molecule has 0 saturated heterocycles. The Kier molecular flexibility index (Phi) is 5.23. The van der Waals surface area contributed by atoms with Gasteiger partial charge in [0.25, 0.3) is 5.91 Å². The molecule has 0 aliphatic carbocycles. The summed E-state index contributed by atoms with van der Waals surface area (Å²) in [6.07, 6.45) is 6.13. The normalized spacial score (nSPS) is 12.1. The van der Waals surface area contributed by atoms with Gasteiger partial charge in [0.15, 0.2) is 5.69 Å². The van der Waals surface area contributed by atoms with Crippen molar-refractivity contribution in [2.45, 2.75) is 39.4 Å². The molecule has 2 aromatic heterocycles. The van der Waals surface area contributed by atoms with Gasteiger partial charge in [-0.1, -0.05) is 29.5 Å². The van der Waals surface area contributed by atoms with Crippen molar-refractivity contribution >= 4 is 5.91 Å². The van der Waals surface area contributed by atoms with Gasteiger partial charge in [-0.15, -0.1) is 5.10 Å². The number of aryl methyl sites for hydroxylation is 2. The molecule has 25 heavy (non-hydrogen) atoms. The average Bonchev–Trinajstić information content (AvgIpc) is 3.27. The first-order valence-corrected chi connectivity index (χ1v) is 8.35. The predicted molar refractivity (Wildman–Crippen MR) is 94.1 cm³/mol. The summed E-state index contributed by atoms with van der Waals surface area (Å²) in [6.45, 7) is 5.39. The second kappa shape index (κ2) is 7.74. The van der Waals surface area contributed by atoms with Crippen molar-refractivity contribution in [3.63, 3.8) is 0 Å². The van der Waals surface area contributed by atoms with Gasteiger partial charge in [0.05, 0.1) is 12.7 Å². The van der Waals surface area contributed by atoms with E-state index in [0.29, 0.717) is 12.2 Å². The molecule has 0 aliphatic rings. The number of aromatic nitrogens is 5. The standard InChI is InChI=1S/C18H22N6O/c1-14-6-3-4-7-16(14)12-24-13-17(21-22-24)18(25)20-15(2)8-11-23-10-5-9-19-23/h3-7,9-10,13,15H,8,11-12H2,1-2H3,(H,20,25). The quantitative estimate of drug-likeness (QED) is 0.715. The van der Waals surface area contributed by atoms with E-state index in [4.69, 9.17) is 0 Å². The Morgan fingerprint density at radius 1 is 1.24 bits per heavy atom. The minimum absolute atomic E-state index is 0.0261. The highest BCUT2D eigenvalue weighted by Gasteiger charge is 2.14. The fourth-order valence-corrected chi connectivity index (χ4v) is 2.57. The van der Waals surface area contributed by atoms with Gasteiger partial charge in [-0.25, -0.2) is 4.68 Å². The van der Waals surface area contributed by atoms with Crippen molar-refractivity contribution in [2.24, 2.45) is 0 Å². The Morgan fingerprint density at radius 2 is 2.08 bits per heavy atom. The Bertz CT molecular complexity index is 824. The number of benzene rings is 1. The number of rotatable bonds is 7. The van der Waals surface area contributed by atoms with Crippen molar-refractivity contribution in [2.75, 3.05) is 0 Å². The zero-order valence-corrected chi connectivity index (χ0v) is 14.5. The first-order chi connectivity index (χ1) is 12.1. The molecule has 0 bridgehead atoms. The van der Waals surface area contributed by atoms with E-state index in [0.717, 1.165) is 18.5 Å². The van der Waals surface area contributed by atoms with Gasteiger partial charge in [0.1, 0.15) is 0 Å². The van der Waals surface area contributed by atoms with Gasteiger partial charge < -0.3 is 5.32 Å². The fourth-order valence-electron chi connectivity index (χ4n) is 2.57. The van der Waals surface area contributed by atoms with Crippen LogP contribution in [-0.2, 0) is 13.1 Å². The van der Waals surface area contributed by atoms with Crippen molar-refractivity contribution in [1.82, 2.24) is 30.1 Å². The fraction of sp³-hybridized carbons (Fsp3) is 0.333. The lowest BCUT2D eigenvalue weighted by Crippen LogP contribution is -2.33. The summed E-state index contributed by atoms with van der Waals surface area (Å²) >= 11 is 0. The van der Waals surface area contributed by atoms with Gasteiger partial charge in [0, 0.05) is 25.0 Å². The van der Waals surface area contributed by atoms with Gasteiger partial charge in [-0.2, -0.15) is 5.10 Å². The Labute approximate surface area is 146 Å². The summed E-state index contributed by atoms with van der Waals surface area (Å²) in [5.41, 5.74) is 2.68. The van der Waals surface area contributed by atoms with E-state index in [2.05, 4.69) is 33.7 Å². The molecule has 7 heteroatoms. The van der Waals surface area contributed by atoms with Crippen LogP contribution in [0.2, 0.25) is 0 Å². The summed E-state index contributed by atoms with van der Waals surface area (Å²) in [7, 11) is 0. The molecule has 130 valence electrons. The molecule has 0 saturated carbocycles. The van der Waals surface area contributed by atoms with E-state index >= 15 is 0 Å². The summed E-state index contributed by atoms with van der Waals surface area (Å²) in [5, 5.41) is 15.2. The molecule has 3 aromatic rings. The van der Waals surface area contributed by atoms with Crippen LogP contribution in [0.4, 0.5) is 0 Å². The van der Waals surface area contributed by atoms with E-state index < -0.39 is 0 Å². The molecule has 0 spiro atoms. The lowest BCUT2D eigenvalue weighted by Gasteiger charge is -2.12. The topological polar surface area (TPSA) is 77.6 Å². The number of carbonyl (C=O) groups is 1. The molecule has 1 atom stereocenters. The molecule has 7 nitrogen and oxygen atoms in total. The van der Waals surface area contributed by atoms with Crippen LogP contribution < -0.4 is 5.32 Å². The number of amides is 1. The van der Waals surface area contributed by atoms with E-state index in [1.807, 2.05) is 42.1 Å². The molecule has 1 unspecified atom stereocenters. The number of hydrogen-bond acceptors (Lipinski definition) is 4. The van der Waals surface area contributed by atoms with Crippen molar-refractivity contribution < 1.29 is 4.79 Å². The first-order valence-electron chi connectivity index (χ1n) is 8.35. The highest BCUT2D eigenvalue weighted by Crippen LogP contribution is 2.09. The zero-order chi connectivity index (χ0) is 17.6. The van der Waals surface area contributed by atoms with Crippen LogP contribution in [0.3, 0.4) is 0 Å². The Hall–Kier alpha value is -2.96. The molecular formula is C18H22N6O. The minimum Gasteiger partial charge on any atom is -0.348 e. The third kappa shape index (κ3) is 4.53. The smallest absolute Gasteiger partial charge is 0.273 e. The largest absolute Gasteiger partial charge is 0.348 e. The van der Waals surface area contributed by atoms with Crippen LogP contribution in [0.5, 0.6) is 0 Å². The second-order valence-corrected chi connectivity index (χ2v) is 6.16. The summed E-state index contributed by atoms with van der Waals surface area (Å²) < 4.78 is 3.53. The third-order valence-electron chi connectivity index (χ3n) is 4.09. The van der Waals surface area contributed by atoms with E-state index in [9.17, 15) is 4.79 Å². The van der Waals surface area contributed by atoms with Gasteiger partial charge in [-0.05, 0) is 37.5 Å². The Balaban J connectivity index is 1.54. The first kappa shape index (κ1) is 16.9. The molecule has 1 N–H and O–H groups in total. The van der Waals surface area contributed by atoms with Gasteiger partial charge in [-0.3, -0.25) is 9.48 Å². The third-order valence-corrected chi connectivity index (χ3v) is 4.09. The van der Waals surface area contributed by atoms with Crippen LogP contribution in [0.25, 0.3) is 0 Å². The summed E-state index contributed by atoms with van der Waals surface area (Å²) in [6, 6.07) is 10.0. The minimum atomic E-state index is -0.205. The number of nitrogens with zero attached hydrogens (tertiary/aromatic N) is 5. The number of hydrogen-bond donors (Lipinski definition) is 1. The maximum atomic E-state index is 12.3. The maximum absolute atomic E-state index is 12.3. The average molecular weight is 338 g/mol. The molecular weight excluding hydrogens is 316 g/mol. The number of carbonyl (C=O) groups excluding carboxylic acids is 1. The van der Waals surface area contributed by atoms with Crippen LogP contribution in [0.1, 0.15) is 35.0 Å². The lowest BCUT2D eigenvalue weighted by molar-refractivity contribution is 0.0932. The monoisotopic (exact) mass is 338 g/mol. The van der Waals surface area contributed by atoms with Crippen LogP contribution in [-0.4, -0.2) is 36.7 Å². The second-order valence-electron chi connectivity index (χ2n) is 6.16. The predicted octanol–water partition coefficient (Wildman–Crippen LogP) is 2.04. The van der Waals surface area contributed by atoms with Crippen molar-refractivity contribution in [3.05, 3.63) is 65.7 Å². The molecule has 1 amide bonds. The van der Waals surface area contributed by atoms with Crippen LogP contribution in [0, 0.1) is 6.92 Å². The van der Waals surface area contributed by atoms with Gasteiger partial charge in [0.2, 0.25) is 0 Å². The summed E-state index contributed by atoms with van der Waals surface area (Å²) in [4.78, 5) is 12.3. The molecule has 3 rings (SSSR count). The van der Waals surface area contributed by atoms with Crippen LogP contribution >= 0.6 is 0 Å². The lowest BCUT2D eigenvalue weighted by atomic mass is 10.1. The molecule has 0 fully saturated rings. The SMILES string of the molecule is Cc1ccccc1Cn1cc(C(=O)NC(C)CCn2cccn2)nn1. The molecule has 0 radical (unpaired) electrons. The highest BCUT2D eigenvalue weighted by molar-refractivity contribution is 5.92. The zero-order valence-electron chi connectivity index (χ0n) is 14.5. The van der Waals surface area contributed by atoms with Crippen LogP contribution in [0.15, 0.2) is 48.9 Å². The maximum Gasteiger partial charge on any atom is 0.273 e. The summed E-state index contributed by atoms with van der Waals surface area (Å²) in [5.74, 6) is -0.205. The molecule has 2 heterocycles. The molecule has 1 aromatic carbocycles. The Morgan fingerprint density at radius 3 is 2.84 bits per heavy atom. The highest BCUT2D eigenvalue weighted by atomic mass is 16.2. The van der Waals surface area contributed by atoms with E-state index in [1.165, 1.54) is 5.56 Å². The van der Waals surface area contributed by atoms with E-state index in [1.54, 1.807) is 17.1 Å². The van der Waals surface area contributed by atoms with E-state index in [-0.39, 0.29) is 11.9 Å². The number of nitrogens with one attached hydrogen (secondary N) is 1. The van der Waals surface area contributed by atoms with Gasteiger partial charge >= 0.3 is 0 Å². The molecule has 0 aliphatic heterocycles. The van der Waals surface area contributed by atoms with Crippen molar-refractivity contribution in [1.29, 1.82) is 0 Å².